The molecule has 0 aromatic heterocycles. The van der Waals surface area contributed by atoms with Crippen LogP contribution in [0.5, 0.6) is 5.75 Å². The largest absolute Gasteiger partial charge is 1.00 e. The van der Waals surface area contributed by atoms with E-state index in [0.717, 1.165) is 12.8 Å². The molecule has 0 saturated heterocycles. The van der Waals surface area contributed by atoms with Gasteiger partial charge in [0.25, 0.3) is 5.43 Å². The zero-order valence-corrected chi connectivity index (χ0v) is 23.9. The van der Waals surface area contributed by atoms with Crippen LogP contribution in [0.15, 0.2) is 38.4 Å². The molecule has 11 heteroatoms. The van der Waals surface area contributed by atoms with Crippen molar-refractivity contribution < 1.29 is 57.2 Å². The van der Waals surface area contributed by atoms with Crippen LogP contribution in [0.4, 0.5) is 5.69 Å². The van der Waals surface area contributed by atoms with Crippen molar-refractivity contribution in [3.05, 3.63) is 55.5 Å². The van der Waals surface area contributed by atoms with Gasteiger partial charge in [-0.3, -0.25) is 14.4 Å². The Morgan fingerprint density at radius 1 is 1.14 bits per heavy atom. The van der Waals surface area contributed by atoms with Crippen LogP contribution in [0.3, 0.4) is 0 Å². The van der Waals surface area contributed by atoms with Crippen molar-refractivity contribution in [1.29, 1.82) is 0 Å². The fourth-order valence-electron chi connectivity index (χ4n) is 4.35. The van der Waals surface area contributed by atoms with E-state index in [-0.39, 0.29) is 52.2 Å². The Hall–Kier alpha value is -1.98. The molecule has 0 unspecified atom stereocenters. The molecule has 0 fully saturated rings. The van der Waals surface area contributed by atoms with E-state index in [1.54, 1.807) is 12.1 Å². The maximum absolute atomic E-state index is 12.4. The molecular formula is C25H30NNaO8S. The van der Waals surface area contributed by atoms with Crippen LogP contribution in [-0.4, -0.2) is 37.2 Å². The standard InChI is InChI=1S/C25H31NO8S.Na/c1-4-5-13-34-24-17(22(29)23(24)30)15-20-25(2,3)18-14-16(35(31,32)33)10-11-19(18)26(20)12-8-6-7-9-21(27)28;/h10-11,14-15H,4-9,12-13H2,1-3H3,(H,27,28)(H,31,32,33);/q;+1/p-1. The van der Waals surface area contributed by atoms with Gasteiger partial charge in [-0.05, 0) is 49.1 Å². The second-order valence-corrected chi connectivity index (χ2v) is 10.6. The van der Waals surface area contributed by atoms with Gasteiger partial charge in [0.2, 0.25) is 5.43 Å². The molecule has 0 amide bonds. The predicted octanol–water partition coefficient (Wildman–Crippen LogP) is 0.153. The second kappa shape index (κ2) is 12.0. The van der Waals surface area contributed by atoms with Crippen LogP contribution in [0.2, 0.25) is 0 Å². The normalized spacial score (nSPS) is 15.7. The Labute approximate surface area is 232 Å². The Balaban J connectivity index is 0.00000456. The third-order valence-corrected chi connectivity index (χ3v) is 7.18. The number of ether oxygens (including phenoxy) is 1. The molecule has 0 spiro atoms. The summed E-state index contributed by atoms with van der Waals surface area (Å²) in [6.45, 7) is 6.49. The van der Waals surface area contributed by atoms with Gasteiger partial charge < -0.3 is 19.3 Å². The smallest absolute Gasteiger partial charge is 0.744 e. The molecule has 1 aliphatic rings. The number of fused-ring (bicyclic) bond motifs is 1. The number of carboxylic acid groups (broad SMARTS) is 1. The molecular weight excluding hydrogens is 497 g/mol. The Kier molecular flexibility index (Phi) is 10.1. The van der Waals surface area contributed by atoms with Gasteiger partial charge in [-0.15, -0.1) is 0 Å². The van der Waals surface area contributed by atoms with Crippen molar-refractivity contribution in [2.75, 3.05) is 18.1 Å². The zero-order valence-electron chi connectivity index (χ0n) is 21.1. The molecule has 1 N–H and O–H groups in total. The third-order valence-electron chi connectivity index (χ3n) is 6.35. The van der Waals surface area contributed by atoms with Crippen molar-refractivity contribution >= 4 is 27.9 Å². The number of unbranched alkanes of at least 4 members (excludes halogenated alkanes) is 3. The van der Waals surface area contributed by atoms with Gasteiger partial charge in [0, 0.05) is 29.8 Å². The Bertz CT molecular complexity index is 1320. The summed E-state index contributed by atoms with van der Waals surface area (Å²) in [4.78, 5) is 36.9. The van der Waals surface area contributed by atoms with Gasteiger partial charge in [-0.2, -0.15) is 0 Å². The SMILES string of the molecule is CCCCOc1c(C=C2N(CCCCCC(=O)O)c3ccc(S(=O)(=O)[O-])cc3C2(C)C)c(=O)c1=O.[Na+]. The van der Waals surface area contributed by atoms with E-state index in [2.05, 4.69) is 0 Å². The molecule has 2 aromatic rings. The Morgan fingerprint density at radius 2 is 1.83 bits per heavy atom. The number of allylic oxidation sites excluding steroid dienone is 1. The molecule has 0 atom stereocenters. The van der Waals surface area contributed by atoms with Crippen LogP contribution < -0.4 is 50.1 Å². The maximum atomic E-state index is 12.4. The minimum Gasteiger partial charge on any atom is -0.744 e. The van der Waals surface area contributed by atoms with Crippen LogP contribution in [0, 0.1) is 0 Å². The van der Waals surface area contributed by atoms with E-state index in [1.165, 1.54) is 12.1 Å². The summed E-state index contributed by atoms with van der Waals surface area (Å²) in [5, 5.41) is 8.87. The van der Waals surface area contributed by atoms with E-state index >= 15 is 0 Å². The van der Waals surface area contributed by atoms with Crippen molar-refractivity contribution in [2.45, 2.75) is 69.6 Å². The fraction of sp³-hybridized carbons (Fsp3) is 0.480. The summed E-state index contributed by atoms with van der Waals surface area (Å²) in [6.07, 6.45) is 5.11. The number of nitrogens with zero attached hydrogens (tertiary/aromatic N) is 1. The fourth-order valence-corrected chi connectivity index (χ4v) is 4.85. The minimum absolute atomic E-state index is 0. The first-order valence-corrected chi connectivity index (χ1v) is 13.1. The molecule has 1 aliphatic heterocycles. The maximum Gasteiger partial charge on any atom is 1.00 e. The second-order valence-electron chi connectivity index (χ2n) is 9.25. The number of anilines is 1. The van der Waals surface area contributed by atoms with Crippen LogP contribution in [-0.2, 0) is 20.3 Å². The van der Waals surface area contributed by atoms with Crippen molar-refractivity contribution in [3.63, 3.8) is 0 Å². The number of aliphatic carboxylic acids is 1. The van der Waals surface area contributed by atoms with Crippen LogP contribution >= 0.6 is 0 Å². The molecule has 9 nitrogen and oxygen atoms in total. The van der Waals surface area contributed by atoms with Crippen molar-refractivity contribution in [1.82, 2.24) is 0 Å². The van der Waals surface area contributed by atoms with E-state index in [9.17, 15) is 27.4 Å². The number of hydrogen-bond acceptors (Lipinski definition) is 8. The number of hydrogen-bond donors (Lipinski definition) is 1. The molecule has 1 heterocycles. The van der Waals surface area contributed by atoms with Gasteiger partial charge in [0.15, 0.2) is 5.75 Å². The summed E-state index contributed by atoms with van der Waals surface area (Å²) in [6, 6.07) is 4.19. The predicted molar refractivity (Wildman–Crippen MR) is 131 cm³/mol. The zero-order chi connectivity index (χ0) is 26.0. The van der Waals surface area contributed by atoms with E-state index in [4.69, 9.17) is 9.84 Å². The number of benzene rings is 1. The van der Waals surface area contributed by atoms with Gasteiger partial charge in [0.1, 0.15) is 10.1 Å². The molecule has 3 rings (SSSR count). The van der Waals surface area contributed by atoms with Gasteiger partial charge >= 0.3 is 35.5 Å². The average Bonchev–Trinajstić information content (AvgIpc) is 3.00. The summed E-state index contributed by atoms with van der Waals surface area (Å²) in [5.41, 5.74) is 0.0594. The Morgan fingerprint density at radius 3 is 2.44 bits per heavy atom. The average molecular weight is 528 g/mol. The number of carbonyl (C=O) groups is 1. The topological polar surface area (TPSA) is 141 Å². The first-order valence-electron chi connectivity index (χ1n) is 11.7. The van der Waals surface area contributed by atoms with Crippen molar-refractivity contribution in [2.24, 2.45) is 0 Å². The first-order chi connectivity index (χ1) is 16.4. The molecule has 2 aromatic carbocycles. The summed E-state index contributed by atoms with van der Waals surface area (Å²) in [5.74, 6) is -0.827. The minimum atomic E-state index is -4.67. The van der Waals surface area contributed by atoms with Crippen LogP contribution in [0.25, 0.3) is 6.08 Å². The van der Waals surface area contributed by atoms with E-state index in [1.807, 2.05) is 25.7 Å². The molecule has 0 bridgehead atoms. The van der Waals surface area contributed by atoms with Gasteiger partial charge in [0.05, 0.1) is 17.1 Å². The van der Waals surface area contributed by atoms with Gasteiger partial charge in [-0.1, -0.05) is 33.6 Å². The molecule has 36 heavy (non-hydrogen) atoms. The van der Waals surface area contributed by atoms with Crippen molar-refractivity contribution in [3.8, 4) is 5.75 Å². The number of rotatable bonds is 12. The summed E-state index contributed by atoms with van der Waals surface area (Å²) < 4.78 is 40.5. The van der Waals surface area contributed by atoms with Gasteiger partial charge in [-0.25, -0.2) is 8.42 Å². The van der Waals surface area contributed by atoms with E-state index in [0.29, 0.717) is 49.4 Å². The summed E-state index contributed by atoms with van der Waals surface area (Å²) >= 11 is 0. The third kappa shape index (κ3) is 6.28. The first kappa shape index (κ1) is 30.2. The molecule has 190 valence electrons. The monoisotopic (exact) mass is 527 g/mol. The molecule has 0 radical (unpaired) electrons. The number of carboxylic acids is 1. The van der Waals surface area contributed by atoms with Crippen LogP contribution in [0.1, 0.15) is 70.4 Å². The van der Waals surface area contributed by atoms with E-state index < -0.39 is 32.4 Å². The summed E-state index contributed by atoms with van der Waals surface area (Å²) in [7, 11) is -4.67. The molecule has 0 saturated carbocycles. The molecule has 0 aliphatic carbocycles. The quantitative estimate of drug-likeness (QED) is 0.177.